The second-order valence-electron chi connectivity index (χ2n) is 3.31. The molecule has 0 aliphatic carbocycles. The first-order chi connectivity index (χ1) is 5.85. The van der Waals surface area contributed by atoms with E-state index >= 15 is 0 Å². The third kappa shape index (κ3) is 6.59. The molecule has 0 aliphatic heterocycles. The van der Waals surface area contributed by atoms with Gasteiger partial charge in [-0.05, 0) is 18.9 Å². The number of nitrogens with one attached hydrogen (secondary N) is 1. The summed E-state index contributed by atoms with van der Waals surface area (Å²) in [6, 6.07) is 0. The molecule has 1 unspecified atom stereocenters. The van der Waals surface area contributed by atoms with Gasteiger partial charge in [-0.3, -0.25) is 0 Å². The minimum Gasteiger partial charge on any atom is -0.314 e. The van der Waals surface area contributed by atoms with E-state index in [1.54, 1.807) is 0 Å². The Bertz CT molecular complexity index is 85.9. The molecule has 0 bridgehead atoms. The van der Waals surface area contributed by atoms with Gasteiger partial charge in [0.25, 0.3) is 0 Å². The molecule has 0 radical (unpaired) electrons. The zero-order valence-electron chi connectivity index (χ0n) is 8.41. The normalized spacial score (nSPS) is 13.2. The molecular weight excluding hydrogens is 153 g/mol. The van der Waals surface area contributed by atoms with Crippen LogP contribution in [0.25, 0.3) is 0 Å². The molecule has 74 valence electrons. The highest BCUT2D eigenvalue weighted by atomic mass is 19.1. The molecule has 0 saturated carbocycles. The Morgan fingerprint density at radius 2 is 2.08 bits per heavy atom. The maximum absolute atomic E-state index is 11.7. The van der Waals surface area contributed by atoms with Crippen LogP contribution < -0.4 is 5.32 Å². The Morgan fingerprint density at radius 3 is 2.58 bits per heavy atom. The molecule has 0 aromatic carbocycles. The first kappa shape index (κ1) is 11.9. The largest absolute Gasteiger partial charge is 0.314 e. The maximum Gasteiger partial charge on any atom is 0.102 e. The quantitative estimate of drug-likeness (QED) is 0.559. The van der Waals surface area contributed by atoms with E-state index < -0.39 is 0 Å². The second kappa shape index (κ2) is 8.98. The van der Waals surface area contributed by atoms with Gasteiger partial charge in [-0.2, -0.15) is 0 Å². The molecule has 0 aromatic rings. The summed E-state index contributed by atoms with van der Waals surface area (Å²) in [6.07, 6.45) is 5.06. The predicted octanol–water partition coefficient (Wildman–Crippen LogP) is 2.76. The van der Waals surface area contributed by atoms with Crippen molar-refractivity contribution in [1.82, 2.24) is 5.32 Å². The number of unbranched alkanes of at least 4 members (excludes halogenated alkanes) is 1. The average Bonchev–Trinajstić information content (AvgIpc) is 2.11. The van der Waals surface area contributed by atoms with Gasteiger partial charge in [0, 0.05) is 6.54 Å². The fraction of sp³-hybridized carbons (Fsp3) is 1.00. The molecule has 0 aromatic heterocycles. The Hall–Kier alpha value is -0.110. The average molecular weight is 175 g/mol. The van der Waals surface area contributed by atoms with Crippen LogP contribution in [0.15, 0.2) is 0 Å². The van der Waals surface area contributed by atoms with E-state index in [-0.39, 0.29) is 6.67 Å². The summed E-state index contributed by atoms with van der Waals surface area (Å²) >= 11 is 0. The Morgan fingerprint density at radius 1 is 1.33 bits per heavy atom. The van der Waals surface area contributed by atoms with Crippen molar-refractivity contribution < 1.29 is 4.39 Å². The van der Waals surface area contributed by atoms with Crippen LogP contribution in [0, 0.1) is 5.92 Å². The van der Waals surface area contributed by atoms with E-state index in [2.05, 4.69) is 19.2 Å². The van der Waals surface area contributed by atoms with Crippen molar-refractivity contribution >= 4 is 0 Å². The molecule has 0 aliphatic rings. The SMILES string of the molecule is CCCCC(CC)CNCCF. The zero-order chi connectivity index (χ0) is 9.23. The number of halogens is 1. The minimum atomic E-state index is -0.246. The molecule has 12 heavy (non-hydrogen) atoms. The van der Waals surface area contributed by atoms with Gasteiger partial charge < -0.3 is 5.32 Å². The van der Waals surface area contributed by atoms with Crippen LogP contribution in [0.5, 0.6) is 0 Å². The summed E-state index contributed by atoms with van der Waals surface area (Å²) in [5.41, 5.74) is 0. The monoisotopic (exact) mass is 175 g/mol. The fourth-order valence-electron chi connectivity index (χ4n) is 1.32. The first-order valence-electron chi connectivity index (χ1n) is 5.11. The Labute approximate surface area is 75.7 Å². The van der Waals surface area contributed by atoms with Crippen LogP contribution in [0.1, 0.15) is 39.5 Å². The highest BCUT2D eigenvalue weighted by molar-refractivity contribution is 4.60. The molecule has 2 heteroatoms. The molecule has 0 heterocycles. The molecule has 0 saturated heterocycles. The van der Waals surface area contributed by atoms with Crippen molar-refractivity contribution in [3.63, 3.8) is 0 Å². The summed E-state index contributed by atoms with van der Waals surface area (Å²) < 4.78 is 11.7. The van der Waals surface area contributed by atoms with Gasteiger partial charge in [-0.1, -0.05) is 33.1 Å². The molecule has 0 fully saturated rings. The van der Waals surface area contributed by atoms with Crippen molar-refractivity contribution in [2.24, 2.45) is 5.92 Å². The first-order valence-corrected chi connectivity index (χ1v) is 5.11. The summed E-state index contributed by atoms with van der Waals surface area (Å²) in [5.74, 6) is 0.747. The fourth-order valence-corrected chi connectivity index (χ4v) is 1.32. The van der Waals surface area contributed by atoms with Crippen LogP contribution >= 0.6 is 0 Å². The van der Waals surface area contributed by atoms with Gasteiger partial charge in [0.1, 0.15) is 6.67 Å². The minimum absolute atomic E-state index is 0.246. The van der Waals surface area contributed by atoms with Gasteiger partial charge in [-0.25, -0.2) is 4.39 Å². The van der Waals surface area contributed by atoms with Crippen LogP contribution in [-0.4, -0.2) is 19.8 Å². The van der Waals surface area contributed by atoms with Gasteiger partial charge in [-0.15, -0.1) is 0 Å². The van der Waals surface area contributed by atoms with E-state index in [9.17, 15) is 4.39 Å². The van der Waals surface area contributed by atoms with Crippen LogP contribution in [-0.2, 0) is 0 Å². The lowest BCUT2D eigenvalue weighted by atomic mass is 9.99. The smallest absolute Gasteiger partial charge is 0.102 e. The standard InChI is InChI=1S/C10H22FN/c1-3-5-6-10(4-2)9-12-8-7-11/h10,12H,3-9H2,1-2H3. The number of hydrogen-bond acceptors (Lipinski definition) is 1. The molecule has 1 nitrogen and oxygen atoms in total. The van der Waals surface area contributed by atoms with Crippen LogP contribution in [0.2, 0.25) is 0 Å². The van der Waals surface area contributed by atoms with E-state index in [0.29, 0.717) is 6.54 Å². The van der Waals surface area contributed by atoms with Gasteiger partial charge >= 0.3 is 0 Å². The predicted molar refractivity (Wildman–Crippen MR) is 52.2 cm³/mol. The zero-order valence-corrected chi connectivity index (χ0v) is 8.41. The van der Waals surface area contributed by atoms with Crippen molar-refractivity contribution in [1.29, 1.82) is 0 Å². The lowest BCUT2D eigenvalue weighted by Crippen LogP contribution is -2.24. The third-order valence-corrected chi connectivity index (χ3v) is 2.25. The van der Waals surface area contributed by atoms with Crippen molar-refractivity contribution in [3.8, 4) is 0 Å². The lowest BCUT2D eigenvalue weighted by Gasteiger charge is -2.14. The highest BCUT2D eigenvalue weighted by Crippen LogP contribution is 2.10. The second-order valence-corrected chi connectivity index (χ2v) is 3.31. The van der Waals surface area contributed by atoms with Crippen molar-refractivity contribution in [2.75, 3.05) is 19.8 Å². The van der Waals surface area contributed by atoms with Crippen molar-refractivity contribution in [3.05, 3.63) is 0 Å². The lowest BCUT2D eigenvalue weighted by molar-refractivity contribution is 0.397. The maximum atomic E-state index is 11.7. The van der Waals surface area contributed by atoms with Crippen LogP contribution in [0.3, 0.4) is 0 Å². The van der Waals surface area contributed by atoms with E-state index in [1.807, 2.05) is 0 Å². The van der Waals surface area contributed by atoms with E-state index in [0.717, 1.165) is 12.5 Å². The Balaban J connectivity index is 3.26. The third-order valence-electron chi connectivity index (χ3n) is 2.25. The van der Waals surface area contributed by atoms with Crippen LogP contribution in [0.4, 0.5) is 4.39 Å². The molecule has 1 atom stereocenters. The summed E-state index contributed by atoms with van der Waals surface area (Å²) in [7, 11) is 0. The molecular formula is C10H22FN. The van der Waals surface area contributed by atoms with Crippen molar-refractivity contribution in [2.45, 2.75) is 39.5 Å². The number of rotatable bonds is 8. The van der Waals surface area contributed by atoms with E-state index in [1.165, 1.54) is 25.7 Å². The molecule has 0 amide bonds. The molecule has 1 N–H and O–H groups in total. The molecule has 0 spiro atoms. The molecule has 0 rings (SSSR count). The number of alkyl halides is 1. The highest BCUT2D eigenvalue weighted by Gasteiger charge is 2.03. The van der Waals surface area contributed by atoms with Gasteiger partial charge in [0.15, 0.2) is 0 Å². The summed E-state index contributed by atoms with van der Waals surface area (Å²) in [4.78, 5) is 0. The summed E-state index contributed by atoms with van der Waals surface area (Å²) in [6.45, 7) is 5.67. The number of hydrogen-bond donors (Lipinski definition) is 1. The van der Waals surface area contributed by atoms with Gasteiger partial charge in [0.05, 0.1) is 0 Å². The van der Waals surface area contributed by atoms with E-state index in [4.69, 9.17) is 0 Å². The Kier molecular flexibility index (Phi) is 8.90. The van der Waals surface area contributed by atoms with Gasteiger partial charge in [0.2, 0.25) is 0 Å². The summed E-state index contributed by atoms with van der Waals surface area (Å²) in [5, 5.41) is 3.12. The topological polar surface area (TPSA) is 12.0 Å².